The second-order valence-corrected chi connectivity index (χ2v) is 11.0. The molecule has 3 aliphatic rings. The summed E-state index contributed by atoms with van der Waals surface area (Å²) in [5.41, 5.74) is 6.19. The van der Waals surface area contributed by atoms with Gasteiger partial charge in [0.2, 0.25) is 0 Å². The van der Waals surface area contributed by atoms with E-state index >= 15 is 0 Å². The number of ketones is 2. The molecule has 0 fully saturated rings. The van der Waals surface area contributed by atoms with Crippen molar-refractivity contribution < 1.29 is 9.59 Å². The van der Waals surface area contributed by atoms with Crippen molar-refractivity contribution in [1.29, 1.82) is 0 Å². The summed E-state index contributed by atoms with van der Waals surface area (Å²) in [6, 6.07) is 23.1. The SMILES string of the molecule is CC1(C)CC(=O)C2=C(C1)N(c1ccc(Cl)c(Cl)c1)C1=C(C(=O)c3ccccc31)[C@@H]2c1ccccc1. The van der Waals surface area contributed by atoms with Crippen molar-refractivity contribution in [1.82, 2.24) is 0 Å². The van der Waals surface area contributed by atoms with Crippen LogP contribution in [0.1, 0.15) is 54.1 Å². The number of benzene rings is 3. The minimum Gasteiger partial charge on any atom is -0.313 e. The number of hydrogen-bond acceptors (Lipinski definition) is 3. The van der Waals surface area contributed by atoms with Crippen LogP contribution >= 0.6 is 23.2 Å². The maximum absolute atomic E-state index is 14.0. The highest BCUT2D eigenvalue weighted by Crippen LogP contribution is 2.56. The lowest BCUT2D eigenvalue weighted by Gasteiger charge is -2.44. The van der Waals surface area contributed by atoms with Crippen molar-refractivity contribution in [2.24, 2.45) is 5.41 Å². The quantitative estimate of drug-likeness (QED) is 0.360. The van der Waals surface area contributed by atoms with Crippen LogP contribution in [0.25, 0.3) is 5.70 Å². The van der Waals surface area contributed by atoms with E-state index in [0.717, 1.165) is 28.2 Å². The van der Waals surface area contributed by atoms with Gasteiger partial charge in [0.1, 0.15) is 0 Å². The van der Waals surface area contributed by atoms with Crippen molar-refractivity contribution >= 4 is 46.2 Å². The lowest BCUT2D eigenvalue weighted by atomic mass is 9.68. The van der Waals surface area contributed by atoms with Gasteiger partial charge in [0.05, 0.1) is 15.7 Å². The molecular formula is C30H23Cl2NO2. The molecule has 0 aromatic heterocycles. The summed E-state index contributed by atoms with van der Waals surface area (Å²) < 4.78 is 0. The molecule has 35 heavy (non-hydrogen) atoms. The van der Waals surface area contributed by atoms with Crippen LogP contribution in [0.15, 0.2) is 89.6 Å². The molecule has 3 aromatic carbocycles. The summed E-state index contributed by atoms with van der Waals surface area (Å²) in [5.74, 6) is -0.354. The molecule has 174 valence electrons. The molecule has 0 saturated carbocycles. The number of anilines is 1. The first-order valence-electron chi connectivity index (χ1n) is 11.7. The minimum absolute atomic E-state index is 0.0290. The van der Waals surface area contributed by atoms with Crippen LogP contribution in [0.5, 0.6) is 0 Å². The first-order chi connectivity index (χ1) is 16.8. The maximum Gasteiger partial charge on any atom is 0.192 e. The van der Waals surface area contributed by atoms with Crippen molar-refractivity contribution in [3.05, 3.63) is 116 Å². The van der Waals surface area contributed by atoms with Gasteiger partial charge in [-0.3, -0.25) is 9.59 Å². The van der Waals surface area contributed by atoms with Gasteiger partial charge in [0, 0.05) is 46.0 Å². The lowest BCUT2D eigenvalue weighted by Crippen LogP contribution is -2.39. The number of carbonyl (C=O) groups is 2. The molecule has 0 unspecified atom stereocenters. The molecule has 0 radical (unpaired) electrons. The van der Waals surface area contributed by atoms with Crippen molar-refractivity contribution in [3.63, 3.8) is 0 Å². The van der Waals surface area contributed by atoms with Crippen molar-refractivity contribution in [2.75, 3.05) is 4.90 Å². The summed E-state index contributed by atoms with van der Waals surface area (Å²) in [4.78, 5) is 29.9. The van der Waals surface area contributed by atoms with Gasteiger partial charge in [-0.05, 0) is 35.6 Å². The van der Waals surface area contributed by atoms with Crippen LogP contribution in [0.4, 0.5) is 5.69 Å². The van der Waals surface area contributed by atoms with Crippen molar-refractivity contribution in [2.45, 2.75) is 32.6 Å². The lowest BCUT2D eigenvalue weighted by molar-refractivity contribution is -0.118. The zero-order valence-electron chi connectivity index (χ0n) is 19.4. The average molecular weight is 500 g/mol. The standard InChI is InChI=1S/C30H23Cl2NO2/c1-30(2)15-23-26(24(34)16-30)25(17-8-4-3-5-9-17)27-28(19-10-6-7-11-20(19)29(27)35)33(23)18-12-13-21(31)22(32)14-18/h3-14,25H,15-16H2,1-2H3/t25-/m1/s1. The van der Waals surface area contributed by atoms with Gasteiger partial charge >= 0.3 is 0 Å². The fourth-order valence-corrected chi connectivity index (χ4v) is 6.08. The Morgan fingerprint density at radius 1 is 0.800 bits per heavy atom. The van der Waals surface area contributed by atoms with Crippen LogP contribution in [0.2, 0.25) is 10.0 Å². The summed E-state index contributed by atoms with van der Waals surface area (Å²) in [6.45, 7) is 4.24. The fourth-order valence-electron chi connectivity index (χ4n) is 5.79. The van der Waals surface area contributed by atoms with E-state index in [4.69, 9.17) is 23.2 Å². The number of rotatable bonds is 2. The van der Waals surface area contributed by atoms with Gasteiger partial charge in [0.15, 0.2) is 11.6 Å². The third-order valence-electron chi connectivity index (χ3n) is 7.19. The van der Waals surface area contributed by atoms with Crippen LogP contribution in [0, 0.1) is 5.41 Å². The number of hydrogen-bond donors (Lipinski definition) is 0. The predicted molar refractivity (Wildman–Crippen MR) is 141 cm³/mol. The molecule has 3 nitrogen and oxygen atoms in total. The van der Waals surface area contributed by atoms with Crippen LogP contribution < -0.4 is 4.90 Å². The Balaban J connectivity index is 1.71. The molecule has 3 aromatic rings. The third kappa shape index (κ3) is 3.41. The highest BCUT2D eigenvalue weighted by atomic mass is 35.5. The Bertz CT molecular complexity index is 1480. The number of halogens is 2. The first-order valence-corrected chi connectivity index (χ1v) is 12.5. The Morgan fingerprint density at radius 3 is 2.20 bits per heavy atom. The molecule has 0 saturated heterocycles. The van der Waals surface area contributed by atoms with E-state index in [9.17, 15) is 9.59 Å². The molecular weight excluding hydrogens is 477 g/mol. The average Bonchev–Trinajstić information content (AvgIpc) is 3.12. The van der Waals surface area contributed by atoms with E-state index in [2.05, 4.69) is 18.7 Å². The molecule has 1 atom stereocenters. The van der Waals surface area contributed by atoms with Gasteiger partial charge in [-0.25, -0.2) is 0 Å². The van der Waals surface area contributed by atoms with Gasteiger partial charge in [0.25, 0.3) is 0 Å². The molecule has 0 amide bonds. The smallest absolute Gasteiger partial charge is 0.192 e. The highest BCUT2D eigenvalue weighted by Gasteiger charge is 2.49. The Hall–Kier alpha value is -3.14. The highest BCUT2D eigenvalue weighted by molar-refractivity contribution is 6.42. The number of fused-ring (bicyclic) bond motifs is 2. The Kier molecular flexibility index (Phi) is 5.07. The van der Waals surface area contributed by atoms with Gasteiger partial charge in [-0.1, -0.05) is 91.6 Å². The summed E-state index contributed by atoms with van der Waals surface area (Å²) >= 11 is 12.7. The fraction of sp³-hybridized carbons (Fsp3) is 0.200. The van der Waals surface area contributed by atoms with Crippen molar-refractivity contribution in [3.8, 4) is 0 Å². The second-order valence-electron chi connectivity index (χ2n) is 10.2. The van der Waals surface area contributed by atoms with E-state index in [1.54, 1.807) is 6.07 Å². The van der Waals surface area contributed by atoms with E-state index in [1.807, 2.05) is 66.7 Å². The van der Waals surface area contributed by atoms with Gasteiger partial charge < -0.3 is 4.90 Å². The molecule has 0 N–H and O–H groups in total. The van der Waals surface area contributed by atoms with E-state index < -0.39 is 5.92 Å². The topological polar surface area (TPSA) is 37.4 Å². The number of Topliss-reactive ketones (excluding diaryl/α,β-unsaturated/α-hetero) is 2. The van der Waals surface area contributed by atoms with E-state index in [1.165, 1.54) is 0 Å². The van der Waals surface area contributed by atoms with E-state index in [0.29, 0.717) is 39.6 Å². The molecule has 2 aliphatic carbocycles. The molecule has 6 rings (SSSR count). The molecule has 5 heteroatoms. The summed E-state index contributed by atoms with van der Waals surface area (Å²) in [7, 11) is 0. The summed E-state index contributed by atoms with van der Waals surface area (Å²) in [6.07, 6.45) is 1.14. The van der Waals surface area contributed by atoms with Crippen LogP contribution in [-0.4, -0.2) is 11.6 Å². The first kappa shape index (κ1) is 22.3. The maximum atomic E-state index is 14.0. The molecule has 1 aliphatic heterocycles. The predicted octanol–water partition coefficient (Wildman–Crippen LogP) is 7.85. The number of allylic oxidation sites excluding steroid dienone is 3. The zero-order valence-corrected chi connectivity index (χ0v) is 21.0. The Labute approximate surface area is 214 Å². The van der Waals surface area contributed by atoms with Crippen LogP contribution in [0.3, 0.4) is 0 Å². The third-order valence-corrected chi connectivity index (χ3v) is 7.93. The molecule has 0 spiro atoms. The van der Waals surface area contributed by atoms with Crippen LogP contribution in [-0.2, 0) is 4.79 Å². The monoisotopic (exact) mass is 499 g/mol. The second kappa shape index (κ2) is 7.94. The molecule has 1 heterocycles. The van der Waals surface area contributed by atoms with Gasteiger partial charge in [-0.15, -0.1) is 0 Å². The number of carbonyl (C=O) groups excluding carboxylic acids is 2. The Morgan fingerprint density at radius 2 is 1.49 bits per heavy atom. The number of nitrogens with zero attached hydrogens (tertiary/aromatic N) is 1. The summed E-state index contributed by atoms with van der Waals surface area (Å²) in [5, 5.41) is 0.888. The largest absolute Gasteiger partial charge is 0.313 e. The van der Waals surface area contributed by atoms with E-state index in [-0.39, 0.29) is 17.0 Å². The minimum atomic E-state index is -0.413. The molecule has 0 bridgehead atoms. The van der Waals surface area contributed by atoms with Gasteiger partial charge in [-0.2, -0.15) is 0 Å². The zero-order chi connectivity index (χ0) is 24.5. The normalized spacial score (nSPS) is 20.7.